The molecule has 0 saturated carbocycles. The van der Waals surface area contributed by atoms with Gasteiger partial charge in [-0.25, -0.2) is 4.79 Å². The number of carbonyl (C=O) groups is 1. The second-order valence-electron chi connectivity index (χ2n) is 6.22. The Morgan fingerprint density at radius 2 is 1.95 bits per heavy atom. The molecule has 3 nitrogen and oxygen atoms in total. The van der Waals surface area contributed by atoms with Crippen LogP contribution in [0.5, 0.6) is 0 Å². The first-order valence-corrected chi connectivity index (χ1v) is 6.49. The minimum absolute atomic E-state index is 0. The largest absolute Gasteiger partial charge is 1.00 e. The monoisotopic (exact) mass is 315 g/mol. The minimum Gasteiger partial charge on any atom is -0.445 e. The van der Waals surface area contributed by atoms with E-state index in [1.807, 2.05) is 0 Å². The van der Waals surface area contributed by atoms with Gasteiger partial charge in [-0.15, -0.1) is 5.47 Å². The zero-order valence-electron chi connectivity index (χ0n) is 12.3. The third kappa shape index (κ3) is 4.25. The number of hydrogen-bond acceptors (Lipinski definition) is 2. The molecule has 0 N–H and O–H groups in total. The molecular weight excluding hydrogens is 297 g/mol. The van der Waals surface area contributed by atoms with Crippen molar-refractivity contribution in [3.05, 3.63) is 11.5 Å². The number of piperidine rings is 1. The molecule has 0 radical (unpaired) electrons. The van der Waals surface area contributed by atoms with Crippen LogP contribution >= 0.6 is 0 Å². The fourth-order valence-corrected chi connectivity index (χ4v) is 2.70. The molecule has 2 aliphatic heterocycles. The van der Waals surface area contributed by atoms with E-state index < -0.39 is 36.1 Å². The van der Waals surface area contributed by atoms with Crippen molar-refractivity contribution in [2.45, 2.75) is 45.3 Å². The van der Waals surface area contributed by atoms with Gasteiger partial charge in [0.2, 0.25) is 0 Å². The number of nitrogens with zero attached hydrogens (tertiary/aromatic N) is 1. The molecule has 3 rings (SSSR count). The molecule has 1 amide bonds. The maximum absolute atomic E-state index is 12.9. The predicted octanol–water partition coefficient (Wildman–Crippen LogP) is 0.333. The van der Waals surface area contributed by atoms with Crippen molar-refractivity contribution in [3.8, 4) is 0 Å². The van der Waals surface area contributed by atoms with Crippen LogP contribution in [0.1, 0.15) is 33.6 Å². The van der Waals surface area contributed by atoms with E-state index in [2.05, 4.69) is 0 Å². The first-order valence-electron chi connectivity index (χ1n) is 6.49. The third-order valence-electron chi connectivity index (χ3n) is 3.49. The van der Waals surface area contributed by atoms with Crippen LogP contribution in [0.2, 0.25) is 0 Å². The van der Waals surface area contributed by atoms with Crippen LogP contribution in [-0.2, 0) is 4.74 Å². The molecule has 1 fully saturated rings. The molecule has 0 spiro atoms. The van der Waals surface area contributed by atoms with Crippen molar-refractivity contribution in [1.29, 1.82) is 0 Å². The Morgan fingerprint density at radius 1 is 1.35 bits per heavy atom. The van der Waals surface area contributed by atoms with Crippen LogP contribution in [0.25, 0.3) is 0 Å². The van der Waals surface area contributed by atoms with E-state index in [0.717, 1.165) is 0 Å². The molecule has 8 heteroatoms. The molecule has 0 unspecified atom stereocenters. The van der Waals surface area contributed by atoms with Crippen molar-refractivity contribution in [3.63, 3.8) is 0 Å². The van der Waals surface area contributed by atoms with Gasteiger partial charge in [-0.2, -0.15) is 0 Å². The summed E-state index contributed by atoms with van der Waals surface area (Å²) in [6.07, 6.45) is 1.77. The van der Waals surface area contributed by atoms with Crippen LogP contribution in [0.15, 0.2) is 11.5 Å². The Hall–Kier alpha value is 0.501. The van der Waals surface area contributed by atoms with Crippen LogP contribution in [0.4, 0.5) is 17.7 Å². The summed E-state index contributed by atoms with van der Waals surface area (Å²) in [6.45, 7) is 0.406. The number of rotatable bonds is 1. The average Bonchev–Trinajstić information content (AvgIpc) is 2.26. The van der Waals surface area contributed by atoms with E-state index in [9.17, 15) is 17.7 Å². The van der Waals surface area contributed by atoms with Crippen molar-refractivity contribution >= 4 is 13.1 Å². The Morgan fingerprint density at radius 3 is 2.35 bits per heavy atom. The molecular formula is C12H18BF3KNO2. The summed E-state index contributed by atoms with van der Waals surface area (Å²) in [6, 6.07) is -0.474. The second kappa shape index (κ2) is 6.32. The Kier molecular flexibility index (Phi) is 5.86. The van der Waals surface area contributed by atoms with Crippen LogP contribution in [-0.4, -0.2) is 36.2 Å². The molecule has 1 aliphatic carbocycles. The molecule has 1 saturated heterocycles. The van der Waals surface area contributed by atoms with E-state index >= 15 is 0 Å². The van der Waals surface area contributed by atoms with Crippen molar-refractivity contribution in [2.24, 2.45) is 5.92 Å². The third-order valence-corrected chi connectivity index (χ3v) is 3.49. The van der Waals surface area contributed by atoms with Gasteiger partial charge in [0.15, 0.2) is 0 Å². The van der Waals surface area contributed by atoms with Crippen LogP contribution in [0, 0.1) is 5.92 Å². The molecule has 0 aromatic carbocycles. The maximum atomic E-state index is 12.9. The van der Waals surface area contributed by atoms with Crippen LogP contribution in [0.3, 0.4) is 0 Å². The zero-order valence-corrected chi connectivity index (χ0v) is 15.5. The SMILES string of the molecule is CC(C)(C)OC(=O)N1C[C@@H]2CC[C@H]1C=C2[B-](F)(F)F.[K+]. The molecule has 3 aliphatic rings. The van der Waals surface area contributed by atoms with Gasteiger partial charge in [0, 0.05) is 6.54 Å². The van der Waals surface area contributed by atoms with E-state index in [-0.39, 0.29) is 57.9 Å². The van der Waals surface area contributed by atoms with Crippen molar-refractivity contribution < 1.29 is 73.9 Å². The molecule has 2 atom stereocenters. The first-order chi connectivity index (χ1) is 8.58. The maximum Gasteiger partial charge on any atom is 1.00 e. The Balaban J connectivity index is 0.00000200. The van der Waals surface area contributed by atoms with Gasteiger partial charge < -0.3 is 22.6 Å². The molecule has 0 aromatic rings. The molecule has 0 aromatic heterocycles. The Bertz CT molecular complexity index is 420. The minimum atomic E-state index is -4.94. The smallest absolute Gasteiger partial charge is 0.445 e. The summed E-state index contributed by atoms with van der Waals surface area (Å²) in [5, 5.41) is 0. The van der Waals surface area contributed by atoms with Gasteiger partial charge in [0.25, 0.3) is 0 Å². The molecule has 2 bridgehead atoms. The van der Waals surface area contributed by atoms with Crippen molar-refractivity contribution in [2.75, 3.05) is 6.54 Å². The number of carbonyl (C=O) groups excluding carboxylic acids is 1. The standard InChI is InChI=1S/C12H18BF3NO2.K/c1-12(2,3)19-11(18)17-7-8-4-5-9(17)6-10(8)13(14,15)16;/h6,8-9H,4-5,7H2,1-3H3;/q-1;+1/t8-,9-;/m0./s1. The van der Waals surface area contributed by atoms with Gasteiger partial charge >= 0.3 is 64.5 Å². The van der Waals surface area contributed by atoms with Gasteiger partial charge in [0.05, 0.1) is 6.04 Å². The van der Waals surface area contributed by atoms with E-state index in [4.69, 9.17) is 4.74 Å². The number of ether oxygens (including phenoxy) is 1. The number of amides is 1. The van der Waals surface area contributed by atoms with Gasteiger partial charge in [-0.3, -0.25) is 0 Å². The number of halogens is 3. The topological polar surface area (TPSA) is 29.5 Å². The molecule has 2 heterocycles. The first kappa shape index (κ1) is 18.6. The summed E-state index contributed by atoms with van der Waals surface area (Å²) in [7, 11) is 0. The fraction of sp³-hybridized carbons (Fsp3) is 0.750. The van der Waals surface area contributed by atoms with E-state index in [1.165, 1.54) is 11.0 Å². The summed E-state index contributed by atoms with van der Waals surface area (Å²) >= 11 is 0. The van der Waals surface area contributed by atoms with Gasteiger partial charge in [-0.05, 0) is 39.5 Å². The normalized spacial score (nSPS) is 25.9. The van der Waals surface area contributed by atoms with E-state index in [0.29, 0.717) is 12.8 Å². The molecule has 20 heavy (non-hydrogen) atoms. The van der Waals surface area contributed by atoms with Crippen LogP contribution < -0.4 is 51.4 Å². The number of hydrogen-bond donors (Lipinski definition) is 0. The summed E-state index contributed by atoms with van der Waals surface area (Å²) in [5.41, 5.74) is -1.05. The Labute approximate surface area is 159 Å². The predicted molar refractivity (Wildman–Crippen MR) is 66.6 cm³/mol. The number of fused-ring (bicyclic) bond motifs is 2. The molecule has 108 valence electrons. The zero-order chi connectivity index (χ0) is 14.4. The fourth-order valence-electron chi connectivity index (χ4n) is 2.70. The van der Waals surface area contributed by atoms with Gasteiger partial charge in [0.1, 0.15) is 5.60 Å². The summed E-state index contributed by atoms with van der Waals surface area (Å²) in [5.74, 6) is -0.586. The summed E-state index contributed by atoms with van der Waals surface area (Å²) < 4.78 is 43.8. The van der Waals surface area contributed by atoms with E-state index in [1.54, 1.807) is 20.8 Å². The quantitative estimate of drug-likeness (QED) is 0.653. The summed E-state index contributed by atoms with van der Waals surface area (Å²) in [4.78, 5) is 13.4. The van der Waals surface area contributed by atoms with Gasteiger partial charge in [-0.1, -0.05) is 6.08 Å². The van der Waals surface area contributed by atoms with Crippen molar-refractivity contribution in [1.82, 2.24) is 4.90 Å². The second-order valence-corrected chi connectivity index (χ2v) is 6.22. The average molecular weight is 315 g/mol.